The first kappa shape index (κ1) is 26.2. The second-order valence-corrected chi connectivity index (χ2v) is 9.95. The predicted octanol–water partition coefficient (Wildman–Crippen LogP) is 4.36. The number of methoxy groups -OCH3 is 1. The van der Waals surface area contributed by atoms with Gasteiger partial charge in [-0.05, 0) is 60.4 Å². The number of hydrogen-bond acceptors (Lipinski definition) is 6. The topological polar surface area (TPSA) is 110 Å². The van der Waals surface area contributed by atoms with Crippen LogP contribution in [0.1, 0.15) is 49.3 Å². The number of benzene rings is 3. The molecule has 0 spiro atoms. The van der Waals surface area contributed by atoms with Crippen molar-refractivity contribution in [3.05, 3.63) is 83.9 Å². The maximum absolute atomic E-state index is 14.1. The Balaban J connectivity index is 1.52. The number of phenols is 1. The fourth-order valence-corrected chi connectivity index (χ4v) is 5.20. The van der Waals surface area contributed by atoms with Crippen LogP contribution < -0.4 is 10.1 Å². The van der Waals surface area contributed by atoms with Gasteiger partial charge in [-0.3, -0.25) is 9.59 Å². The molecule has 0 radical (unpaired) electrons. The van der Waals surface area contributed by atoms with Gasteiger partial charge in [0.25, 0.3) is 0 Å². The van der Waals surface area contributed by atoms with Crippen molar-refractivity contribution in [1.82, 2.24) is 25.2 Å². The maximum Gasteiger partial charge on any atom is 0.247 e. The number of aromatic hydroxyl groups is 1. The average Bonchev–Trinajstić information content (AvgIpc) is 3.37. The molecule has 1 aliphatic carbocycles. The highest BCUT2D eigenvalue weighted by molar-refractivity contribution is 5.89. The fraction of sp³-hybridized carbons (Fsp3) is 0.333. The van der Waals surface area contributed by atoms with Crippen molar-refractivity contribution in [1.29, 1.82) is 0 Å². The zero-order chi connectivity index (χ0) is 27.2. The molecule has 9 nitrogen and oxygen atoms in total. The number of carbonyl (C=O) groups is 2. The van der Waals surface area contributed by atoms with E-state index < -0.39 is 6.04 Å². The van der Waals surface area contributed by atoms with E-state index in [2.05, 4.69) is 15.6 Å². The first-order chi connectivity index (χ1) is 19.0. The quantitative estimate of drug-likeness (QED) is 0.335. The van der Waals surface area contributed by atoms with Crippen LogP contribution in [0.4, 0.5) is 0 Å². The average molecular weight is 528 g/mol. The molecule has 1 saturated carbocycles. The van der Waals surface area contributed by atoms with Gasteiger partial charge < -0.3 is 20.1 Å². The second kappa shape index (κ2) is 12.0. The molecule has 0 unspecified atom stereocenters. The van der Waals surface area contributed by atoms with E-state index in [0.717, 1.165) is 36.8 Å². The molecule has 1 fully saturated rings. The van der Waals surface area contributed by atoms with Gasteiger partial charge in [-0.25, -0.2) is 4.68 Å². The first-order valence-corrected chi connectivity index (χ1v) is 13.3. The number of hydrogen-bond donors (Lipinski definition) is 2. The van der Waals surface area contributed by atoms with E-state index in [-0.39, 0.29) is 36.7 Å². The lowest BCUT2D eigenvalue weighted by atomic mass is 9.94. The van der Waals surface area contributed by atoms with Crippen LogP contribution in [0.15, 0.2) is 72.8 Å². The van der Waals surface area contributed by atoms with Gasteiger partial charge in [0.1, 0.15) is 29.6 Å². The summed E-state index contributed by atoms with van der Waals surface area (Å²) in [6, 6.07) is 20.5. The summed E-state index contributed by atoms with van der Waals surface area (Å²) in [5, 5.41) is 21.5. The molecule has 39 heavy (non-hydrogen) atoms. The van der Waals surface area contributed by atoms with E-state index in [1.54, 1.807) is 28.8 Å². The summed E-state index contributed by atoms with van der Waals surface area (Å²) in [6.45, 7) is 0.0854. The van der Waals surface area contributed by atoms with Gasteiger partial charge in [-0.1, -0.05) is 60.9 Å². The number of rotatable bonds is 9. The number of para-hydroxylation sites is 1. The predicted molar refractivity (Wildman–Crippen MR) is 147 cm³/mol. The lowest BCUT2D eigenvalue weighted by molar-refractivity contribution is -0.142. The van der Waals surface area contributed by atoms with Gasteiger partial charge in [0.15, 0.2) is 0 Å². The van der Waals surface area contributed by atoms with E-state index in [4.69, 9.17) is 4.74 Å². The molecule has 4 aromatic rings. The van der Waals surface area contributed by atoms with Gasteiger partial charge in [-0.15, -0.1) is 5.10 Å². The van der Waals surface area contributed by atoms with E-state index in [0.29, 0.717) is 16.8 Å². The van der Waals surface area contributed by atoms with Crippen LogP contribution in [-0.2, 0) is 22.7 Å². The van der Waals surface area contributed by atoms with Crippen molar-refractivity contribution < 1.29 is 19.4 Å². The van der Waals surface area contributed by atoms with Crippen LogP contribution in [0.2, 0.25) is 0 Å². The molecule has 9 heteroatoms. The molecule has 5 rings (SSSR count). The molecule has 1 aromatic heterocycles. The molecule has 2 amide bonds. The number of nitrogens with one attached hydrogen (secondary N) is 1. The van der Waals surface area contributed by atoms with E-state index >= 15 is 0 Å². The zero-order valence-corrected chi connectivity index (χ0v) is 22.0. The third-order valence-electron chi connectivity index (χ3n) is 7.23. The minimum atomic E-state index is -0.916. The van der Waals surface area contributed by atoms with Crippen molar-refractivity contribution in [3.8, 4) is 11.5 Å². The molecule has 1 atom stereocenters. The first-order valence-electron chi connectivity index (χ1n) is 13.3. The number of amides is 2. The van der Waals surface area contributed by atoms with Crippen molar-refractivity contribution >= 4 is 22.8 Å². The fourth-order valence-electron chi connectivity index (χ4n) is 5.20. The maximum atomic E-state index is 14.1. The molecule has 0 saturated heterocycles. The SMILES string of the molecule is COc1cccc(CN(C(=O)Cn2nnc3ccccc32)[C@H](C(=O)NC2CCCCC2)c2ccc(O)cc2)c1. The Hall–Kier alpha value is -4.40. The summed E-state index contributed by atoms with van der Waals surface area (Å²) in [5.74, 6) is 0.220. The normalized spacial score (nSPS) is 14.6. The number of carbonyl (C=O) groups excluding carboxylic acids is 2. The lowest BCUT2D eigenvalue weighted by Crippen LogP contribution is -2.47. The molecule has 1 heterocycles. The highest BCUT2D eigenvalue weighted by Gasteiger charge is 2.33. The standard InChI is InChI=1S/C30H33N5O4/c1-39-25-11-7-8-21(18-25)19-34(28(37)20-35-27-13-6-5-12-26(27)32-33-35)29(22-14-16-24(36)17-15-22)30(38)31-23-9-3-2-4-10-23/h5-8,11-18,23,29,36H,2-4,9-10,19-20H2,1H3,(H,31,38)/t29-/m0/s1. The van der Waals surface area contributed by atoms with Gasteiger partial charge in [0.2, 0.25) is 11.8 Å². The van der Waals surface area contributed by atoms with Crippen LogP contribution in [0.3, 0.4) is 0 Å². The van der Waals surface area contributed by atoms with Gasteiger partial charge in [-0.2, -0.15) is 0 Å². The molecular formula is C30H33N5O4. The number of ether oxygens (including phenoxy) is 1. The minimum Gasteiger partial charge on any atom is -0.508 e. The van der Waals surface area contributed by atoms with Crippen LogP contribution in [0.5, 0.6) is 11.5 Å². The Labute approximate surface area is 227 Å². The van der Waals surface area contributed by atoms with E-state index in [1.807, 2.05) is 48.5 Å². The highest BCUT2D eigenvalue weighted by atomic mass is 16.5. The van der Waals surface area contributed by atoms with Crippen molar-refractivity contribution in [2.24, 2.45) is 0 Å². The van der Waals surface area contributed by atoms with Crippen LogP contribution in [0, 0.1) is 0 Å². The largest absolute Gasteiger partial charge is 0.508 e. The Kier molecular flexibility index (Phi) is 8.05. The Bertz CT molecular complexity index is 1430. The number of aromatic nitrogens is 3. The van der Waals surface area contributed by atoms with Gasteiger partial charge in [0, 0.05) is 12.6 Å². The number of nitrogens with zero attached hydrogens (tertiary/aromatic N) is 4. The molecule has 3 aromatic carbocycles. The summed E-state index contributed by atoms with van der Waals surface area (Å²) >= 11 is 0. The van der Waals surface area contributed by atoms with Crippen LogP contribution >= 0.6 is 0 Å². The highest BCUT2D eigenvalue weighted by Crippen LogP contribution is 2.28. The molecule has 1 aliphatic rings. The van der Waals surface area contributed by atoms with E-state index in [1.165, 1.54) is 18.6 Å². The smallest absolute Gasteiger partial charge is 0.247 e. The van der Waals surface area contributed by atoms with Gasteiger partial charge in [0.05, 0.1) is 12.6 Å². The van der Waals surface area contributed by atoms with Crippen molar-refractivity contribution in [3.63, 3.8) is 0 Å². The van der Waals surface area contributed by atoms with Crippen molar-refractivity contribution in [2.75, 3.05) is 7.11 Å². The van der Waals surface area contributed by atoms with Crippen molar-refractivity contribution in [2.45, 2.75) is 57.3 Å². The van der Waals surface area contributed by atoms with E-state index in [9.17, 15) is 14.7 Å². The number of fused-ring (bicyclic) bond motifs is 1. The summed E-state index contributed by atoms with van der Waals surface area (Å²) in [7, 11) is 1.59. The summed E-state index contributed by atoms with van der Waals surface area (Å²) in [4.78, 5) is 29.6. The third-order valence-corrected chi connectivity index (χ3v) is 7.23. The van der Waals surface area contributed by atoms with Crippen LogP contribution in [-0.4, -0.2) is 50.0 Å². The Morgan fingerprint density at radius 1 is 1.05 bits per heavy atom. The summed E-state index contributed by atoms with van der Waals surface area (Å²) in [5.41, 5.74) is 2.86. The van der Waals surface area contributed by atoms with Gasteiger partial charge >= 0.3 is 0 Å². The summed E-state index contributed by atoms with van der Waals surface area (Å²) < 4.78 is 6.96. The number of phenolic OH excluding ortho intramolecular Hbond substituents is 1. The Morgan fingerprint density at radius 2 is 1.82 bits per heavy atom. The monoisotopic (exact) mass is 527 g/mol. The molecular weight excluding hydrogens is 494 g/mol. The molecule has 202 valence electrons. The molecule has 0 aliphatic heterocycles. The molecule has 2 N–H and O–H groups in total. The van der Waals surface area contributed by atoms with Crippen LogP contribution in [0.25, 0.3) is 11.0 Å². The third kappa shape index (κ3) is 6.19. The Morgan fingerprint density at radius 3 is 2.59 bits per heavy atom. The summed E-state index contributed by atoms with van der Waals surface area (Å²) in [6.07, 6.45) is 5.15. The second-order valence-electron chi connectivity index (χ2n) is 9.95. The zero-order valence-electron chi connectivity index (χ0n) is 22.0. The molecule has 0 bridgehead atoms. The minimum absolute atomic E-state index is 0.0684. The lowest BCUT2D eigenvalue weighted by Gasteiger charge is -2.33.